The van der Waals surface area contributed by atoms with Crippen LogP contribution < -0.4 is 0 Å². The van der Waals surface area contributed by atoms with Gasteiger partial charge in [0.15, 0.2) is 0 Å². The van der Waals surface area contributed by atoms with Crippen LogP contribution >= 0.6 is 11.8 Å². The van der Waals surface area contributed by atoms with Gasteiger partial charge in [-0.05, 0) is 32.6 Å². The standard InChI is InChI=1S/C15H20N4OS/c1-10-5-4-6-19(8-10)14(20)9-21-15-13(7-16)11(2)17-12(3)18-15/h10H,4-6,8-9H2,1-3H3. The van der Waals surface area contributed by atoms with E-state index >= 15 is 0 Å². The van der Waals surface area contributed by atoms with Crippen LogP contribution in [0.2, 0.25) is 0 Å². The average Bonchev–Trinajstić information content (AvgIpc) is 2.44. The highest BCUT2D eigenvalue weighted by molar-refractivity contribution is 8.00. The summed E-state index contributed by atoms with van der Waals surface area (Å²) in [6, 6.07) is 2.13. The van der Waals surface area contributed by atoms with Gasteiger partial charge in [-0.25, -0.2) is 9.97 Å². The lowest BCUT2D eigenvalue weighted by Gasteiger charge is -2.30. The van der Waals surface area contributed by atoms with Crippen molar-refractivity contribution in [3.63, 3.8) is 0 Å². The highest BCUT2D eigenvalue weighted by atomic mass is 32.2. The Kier molecular flexibility index (Phi) is 5.18. The largest absolute Gasteiger partial charge is 0.342 e. The molecule has 2 heterocycles. The van der Waals surface area contributed by atoms with Crippen molar-refractivity contribution < 1.29 is 4.79 Å². The summed E-state index contributed by atoms with van der Waals surface area (Å²) in [6.07, 6.45) is 2.27. The number of aryl methyl sites for hydroxylation is 2. The first kappa shape index (κ1) is 15.8. The predicted molar refractivity (Wildman–Crippen MR) is 81.9 cm³/mol. The molecule has 1 aliphatic rings. The zero-order valence-electron chi connectivity index (χ0n) is 12.7. The molecule has 1 aromatic heterocycles. The van der Waals surface area contributed by atoms with Gasteiger partial charge in [0.05, 0.1) is 11.4 Å². The highest BCUT2D eigenvalue weighted by Crippen LogP contribution is 2.23. The van der Waals surface area contributed by atoms with Gasteiger partial charge in [-0.3, -0.25) is 4.79 Å². The minimum atomic E-state index is 0.129. The second-order valence-corrected chi connectivity index (χ2v) is 6.49. The van der Waals surface area contributed by atoms with E-state index in [0.717, 1.165) is 19.5 Å². The van der Waals surface area contributed by atoms with Crippen LogP contribution in [0, 0.1) is 31.1 Å². The Morgan fingerprint density at radius 1 is 1.48 bits per heavy atom. The zero-order chi connectivity index (χ0) is 15.4. The van der Waals surface area contributed by atoms with Crippen LogP contribution in [0.15, 0.2) is 5.03 Å². The van der Waals surface area contributed by atoms with Gasteiger partial charge < -0.3 is 4.90 Å². The molecule has 0 aromatic carbocycles. The third-order valence-electron chi connectivity index (χ3n) is 3.62. The Bertz CT molecular complexity index is 582. The Labute approximate surface area is 129 Å². The van der Waals surface area contributed by atoms with Gasteiger partial charge in [0.2, 0.25) is 5.91 Å². The molecule has 5 nitrogen and oxygen atoms in total. The highest BCUT2D eigenvalue weighted by Gasteiger charge is 2.21. The predicted octanol–water partition coefficient (Wildman–Crippen LogP) is 2.32. The fourth-order valence-electron chi connectivity index (χ4n) is 2.55. The number of piperidine rings is 1. The van der Waals surface area contributed by atoms with E-state index in [1.165, 1.54) is 18.2 Å². The van der Waals surface area contributed by atoms with Gasteiger partial charge in [-0.15, -0.1) is 0 Å². The SMILES string of the molecule is Cc1nc(C)c(C#N)c(SCC(=O)N2CCCC(C)C2)n1. The molecule has 1 fully saturated rings. The minimum Gasteiger partial charge on any atom is -0.342 e. The molecule has 0 spiro atoms. The lowest BCUT2D eigenvalue weighted by atomic mass is 10.0. The van der Waals surface area contributed by atoms with Crippen molar-refractivity contribution in [1.82, 2.24) is 14.9 Å². The lowest BCUT2D eigenvalue weighted by Crippen LogP contribution is -2.40. The molecule has 1 unspecified atom stereocenters. The molecule has 1 saturated heterocycles. The van der Waals surface area contributed by atoms with Gasteiger partial charge >= 0.3 is 0 Å². The maximum Gasteiger partial charge on any atom is 0.232 e. The van der Waals surface area contributed by atoms with Gasteiger partial charge in [0.1, 0.15) is 22.5 Å². The maximum atomic E-state index is 12.3. The number of likely N-dealkylation sites (tertiary alicyclic amines) is 1. The van der Waals surface area contributed by atoms with Crippen molar-refractivity contribution in [3.05, 3.63) is 17.1 Å². The Balaban J connectivity index is 2.03. The molecule has 0 bridgehead atoms. The van der Waals surface area contributed by atoms with Gasteiger partial charge in [-0.2, -0.15) is 5.26 Å². The Hall–Kier alpha value is -1.61. The van der Waals surface area contributed by atoms with Crippen molar-refractivity contribution in [2.24, 2.45) is 5.92 Å². The first-order valence-corrected chi connectivity index (χ1v) is 8.15. The molecule has 2 rings (SSSR count). The summed E-state index contributed by atoms with van der Waals surface area (Å²) >= 11 is 1.34. The summed E-state index contributed by atoms with van der Waals surface area (Å²) in [5.41, 5.74) is 1.15. The molecule has 0 aliphatic carbocycles. The van der Waals surface area contributed by atoms with Crippen molar-refractivity contribution in [2.75, 3.05) is 18.8 Å². The van der Waals surface area contributed by atoms with Crippen LogP contribution in [0.1, 0.15) is 36.8 Å². The van der Waals surface area contributed by atoms with Crippen LogP contribution in [-0.4, -0.2) is 39.6 Å². The summed E-state index contributed by atoms with van der Waals surface area (Å²) in [7, 11) is 0. The number of hydrogen-bond donors (Lipinski definition) is 0. The molecule has 1 amide bonds. The topological polar surface area (TPSA) is 69.9 Å². The molecule has 1 atom stereocenters. The molecule has 112 valence electrons. The molecule has 0 N–H and O–H groups in total. The van der Waals surface area contributed by atoms with Gasteiger partial charge in [0.25, 0.3) is 0 Å². The molecule has 0 saturated carbocycles. The van der Waals surface area contributed by atoms with Gasteiger partial charge in [0, 0.05) is 13.1 Å². The number of rotatable bonds is 3. The zero-order valence-corrected chi connectivity index (χ0v) is 13.5. The van der Waals surface area contributed by atoms with Gasteiger partial charge in [-0.1, -0.05) is 18.7 Å². The number of aromatic nitrogens is 2. The number of carbonyl (C=O) groups excluding carboxylic acids is 1. The van der Waals surface area contributed by atoms with Crippen LogP contribution in [0.3, 0.4) is 0 Å². The number of carbonyl (C=O) groups is 1. The molecule has 1 aromatic rings. The van der Waals surface area contributed by atoms with Crippen molar-refractivity contribution >= 4 is 17.7 Å². The summed E-state index contributed by atoms with van der Waals surface area (Å²) in [4.78, 5) is 22.7. The van der Waals surface area contributed by atoms with Crippen LogP contribution in [0.5, 0.6) is 0 Å². The smallest absolute Gasteiger partial charge is 0.232 e. The van der Waals surface area contributed by atoms with E-state index in [1.807, 2.05) is 4.90 Å². The van der Waals surface area contributed by atoms with E-state index < -0.39 is 0 Å². The fourth-order valence-corrected chi connectivity index (χ4v) is 3.53. The van der Waals surface area contributed by atoms with E-state index in [1.54, 1.807) is 13.8 Å². The number of thioether (sulfide) groups is 1. The first-order chi connectivity index (χ1) is 10.0. The first-order valence-electron chi connectivity index (χ1n) is 7.17. The number of amides is 1. The maximum absolute atomic E-state index is 12.3. The average molecular weight is 304 g/mol. The quantitative estimate of drug-likeness (QED) is 0.633. The summed E-state index contributed by atoms with van der Waals surface area (Å²) < 4.78 is 0. The third kappa shape index (κ3) is 3.94. The molecule has 21 heavy (non-hydrogen) atoms. The van der Waals surface area contributed by atoms with Crippen LogP contribution in [0.25, 0.3) is 0 Å². The molecule has 6 heteroatoms. The molecule has 1 aliphatic heterocycles. The van der Waals surface area contributed by atoms with Crippen molar-refractivity contribution in [2.45, 2.75) is 38.6 Å². The Morgan fingerprint density at radius 3 is 2.90 bits per heavy atom. The second-order valence-electron chi connectivity index (χ2n) is 5.52. The van der Waals surface area contributed by atoms with E-state index in [4.69, 9.17) is 0 Å². The summed E-state index contributed by atoms with van der Waals surface area (Å²) in [5.74, 6) is 1.67. The summed E-state index contributed by atoms with van der Waals surface area (Å²) in [5, 5.41) is 9.81. The normalized spacial score (nSPS) is 18.4. The third-order valence-corrected chi connectivity index (χ3v) is 4.58. The molecule has 0 radical (unpaired) electrons. The number of nitrogens with zero attached hydrogens (tertiary/aromatic N) is 4. The van der Waals surface area contributed by atoms with E-state index in [-0.39, 0.29) is 5.91 Å². The van der Waals surface area contributed by atoms with Crippen LogP contribution in [-0.2, 0) is 4.79 Å². The van der Waals surface area contributed by atoms with Crippen LogP contribution in [0.4, 0.5) is 0 Å². The monoisotopic (exact) mass is 304 g/mol. The lowest BCUT2D eigenvalue weighted by molar-refractivity contribution is -0.130. The number of nitriles is 1. The van der Waals surface area contributed by atoms with Crippen molar-refractivity contribution in [1.29, 1.82) is 5.26 Å². The fraction of sp³-hybridized carbons (Fsp3) is 0.600. The van der Waals surface area contributed by atoms with E-state index in [0.29, 0.717) is 33.8 Å². The minimum absolute atomic E-state index is 0.129. The Morgan fingerprint density at radius 2 is 2.24 bits per heavy atom. The van der Waals surface area contributed by atoms with E-state index in [9.17, 15) is 10.1 Å². The second kappa shape index (κ2) is 6.90. The number of hydrogen-bond acceptors (Lipinski definition) is 5. The summed E-state index contributed by atoms with van der Waals surface area (Å²) in [6.45, 7) is 7.46. The van der Waals surface area contributed by atoms with E-state index in [2.05, 4.69) is 23.0 Å². The van der Waals surface area contributed by atoms with Crippen molar-refractivity contribution in [3.8, 4) is 6.07 Å². The molecular formula is C15H20N4OS. The molecular weight excluding hydrogens is 284 g/mol.